The third-order valence-electron chi connectivity index (χ3n) is 12.3. The molecule has 0 spiro atoms. The fourth-order valence-corrected chi connectivity index (χ4v) is 7.64. The molecule has 79 heavy (non-hydrogen) atoms. The van der Waals surface area contributed by atoms with Crippen LogP contribution in [0.4, 0.5) is 0 Å². The van der Waals surface area contributed by atoms with Crippen LogP contribution in [-0.4, -0.2) is 87.4 Å². The number of allylic oxidation sites excluding steroid dienone is 26. The Bertz CT molecular complexity index is 1850. The Kier molecular flexibility index (Phi) is 55.2. The first-order valence-corrected chi connectivity index (χ1v) is 30.6. The minimum atomic E-state index is -1.53. The molecule has 0 heterocycles. The van der Waals surface area contributed by atoms with E-state index >= 15 is 0 Å². The van der Waals surface area contributed by atoms with Crippen LogP contribution in [0.1, 0.15) is 206 Å². The minimum Gasteiger partial charge on any atom is -0.477 e. The van der Waals surface area contributed by atoms with E-state index in [1.165, 1.54) is 25.7 Å². The molecule has 0 rings (SSSR count). The lowest BCUT2D eigenvalue weighted by Gasteiger charge is -2.25. The van der Waals surface area contributed by atoms with Crippen molar-refractivity contribution in [1.29, 1.82) is 0 Å². The Hall–Kier alpha value is -5.09. The standard InChI is InChI=1S/C70H111NO8/c1-6-8-10-12-14-16-18-20-22-24-26-28-29-30-31-32-33-34-35-36-37-38-39-41-43-45-47-49-51-53-55-57-59-61-68(73)79-66(65-78-70(69(74)75)76-63-62-71(3,4)5)64-77-67(72)60-58-56-54-52-50-48-46-44-42-40-27-25-23-21-19-17-15-13-11-9-7-2/h8-11,14-17,20-23,26-28,30-31,33-34,36-37,39-41,45,47,66,70H,6-7,12-13,18-19,24-25,29,32,35,38,42-44,46,48-65H2,1-5H3/p+1/b10-8-,11-9-,16-14-,17-15-,22-20-,23-21-,28-26-,31-30-,34-33-,37-36-,40-27-,41-39-,47-45-. The van der Waals surface area contributed by atoms with Crippen molar-refractivity contribution in [3.8, 4) is 0 Å². The van der Waals surface area contributed by atoms with Gasteiger partial charge in [-0.15, -0.1) is 0 Å². The minimum absolute atomic E-state index is 0.173. The van der Waals surface area contributed by atoms with Crippen LogP contribution in [0.15, 0.2) is 158 Å². The molecule has 0 bridgehead atoms. The predicted octanol–water partition coefficient (Wildman–Crippen LogP) is 18.6. The monoisotopic (exact) mass is 1090 g/mol. The zero-order chi connectivity index (χ0) is 57.6. The number of nitrogens with zero attached hydrogens (tertiary/aromatic N) is 1. The predicted molar refractivity (Wildman–Crippen MR) is 336 cm³/mol. The molecule has 0 aliphatic carbocycles. The Morgan fingerprint density at radius 1 is 0.380 bits per heavy atom. The Morgan fingerprint density at radius 3 is 1.01 bits per heavy atom. The summed E-state index contributed by atoms with van der Waals surface area (Å²) in [6, 6.07) is 0. The Balaban J connectivity index is 4.33. The van der Waals surface area contributed by atoms with Gasteiger partial charge in [0.05, 0.1) is 34.4 Å². The number of hydrogen-bond acceptors (Lipinski definition) is 7. The summed E-state index contributed by atoms with van der Waals surface area (Å²) >= 11 is 0. The van der Waals surface area contributed by atoms with Crippen LogP contribution in [0, 0.1) is 0 Å². The van der Waals surface area contributed by atoms with Gasteiger partial charge in [-0.3, -0.25) is 9.59 Å². The van der Waals surface area contributed by atoms with Crippen molar-refractivity contribution in [2.75, 3.05) is 47.5 Å². The van der Waals surface area contributed by atoms with E-state index in [1.807, 2.05) is 21.1 Å². The highest BCUT2D eigenvalue weighted by molar-refractivity contribution is 5.71. The molecule has 0 aliphatic heterocycles. The van der Waals surface area contributed by atoms with E-state index in [0.717, 1.165) is 148 Å². The summed E-state index contributed by atoms with van der Waals surface area (Å²) in [5, 5.41) is 9.72. The SMILES string of the molecule is CC/C=C\C/C=C\C/C=C\C/C=C\C/C=C\C/C=C\C/C=C\C/C=C\C/C=C\CCCCCCCC(=O)OC(COC(=O)CCCCCCCCCC/C=C\C/C=C\C/C=C\C/C=C\CC)COC(OCC[N+](C)(C)C)C(=O)O. The van der Waals surface area contributed by atoms with Crippen LogP contribution in [0.25, 0.3) is 0 Å². The highest BCUT2D eigenvalue weighted by Crippen LogP contribution is 2.14. The molecule has 0 aromatic heterocycles. The lowest BCUT2D eigenvalue weighted by Crippen LogP contribution is -2.40. The summed E-state index contributed by atoms with van der Waals surface area (Å²) in [5.74, 6) is -2.06. The highest BCUT2D eigenvalue weighted by atomic mass is 16.7. The molecule has 0 amide bonds. The molecule has 9 heteroatoms. The van der Waals surface area contributed by atoms with Gasteiger partial charge >= 0.3 is 17.9 Å². The molecule has 0 fully saturated rings. The normalized spacial score (nSPS) is 13.9. The highest BCUT2D eigenvalue weighted by Gasteiger charge is 2.25. The number of likely N-dealkylation sites (N-methyl/N-ethyl adjacent to an activating group) is 1. The summed E-state index contributed by atoms with van der Waals surface area (Å²) in [6.07, 6.45) is 84.6. The van der Waals surface area contributed by atoms with E-state index in [-0.39, 0.29) is 38.6 Å². The van der Waals surface area contributed by atoms with Gasteiger partial charge in [-0.25, -0.2) is 4.79 Å². The molecule has 0 aromatic rings. The van der Waals surface area contributed by atoms with Gasteiger partial charge < -0.3 is 28.5 Å². The van der Waals surface area contributed by atoms with Crippen molar-refractivity contribution < 1.29 is 42.9 Å². The van der Waals surface area contributed by atoms with Crippen LogP contribution in [-0.2, 0) is 33.3 Å². The molecule has 2 atom stereocenters. The van der Waals surface area contributed by atoms with Crippen LogP contribution in [0.5, 0.6) is 0 Å². The van der Waals surface area contributed by atoms with Crippen LogP contribution >= 0.6 is 0 Å². The topological polar surface area (TPSA) is 108 Å². The van der Waals surface area contributed by atoms with Gasteiger partial charge in [0.2, 0.25) is 0 Å². The number of unbranched alkanes of at least 4 members (excludes halogenated alkanes) is 13. The van der Waals surface area contributed by atoms with E-state index in [4.69, 9.17) is 18.9 Å². The van der Waals surface area contributed by atoms with Gasteiger partial charge in [-0.2, -0.15) is 0 Å². The number of carbonyl (C=O) groups is 3. The van der Waals surface area contributed by atoms with E-state index in [9.17, 15) is 19.5 Å². The third-order valence-corrected chi connectivity index (χ3v) is 12.3. The van der Waals surface area contributed by atoms with E-state index in [0.29, 0.717) is 17.4 Å². The number of quaternary nitrogens is 1. The van der Waals surface area contributed by atoms with E-state index < -0.39 is 24.3 Å². The molecule has 444 valence electrons. The maximum Gasteiger partial charge on any atom is 0.361 e. The van der Waals surface area contributed by atoms with E-state index in [2.05, 4.69) is 172 Å². The molecule has 0 aliphatic rings. The quantitative estimate of drug-likeness (QED) is 0.0211. The maximum absolute atomic E-state index is 12.9. The summed E-state index contributed by atoms with van der Waals surface area (Å²) < 4.78 is 22.9. The largest absolute Gasteiger partial charge is 0.477 e. The number of carboxylic acids is 1. The fraction of sp³-hybridized carbons (Fsp3) is 0.586. The second-order valence-corrected chi connectivity index (χ2v) is 20.9. The van der Waals surface area contributed by atoms with Gasteiger partial charge in [0.25, 0.3) is 6.29 Å². The average Bonchev–Trinajstić information content (AvgIpc) is 3.42. The van der Waals surface area contributed by atoms with Crippen molar-refractivity contribution in [3.63, 3.8) is 0 Å². The van der Waals surface area contributed by atoms with Crippen molar-refractivity contribution in [1.82, 2.24) is 0 Å². The van der Waals surface area contributed by atoms with Gasteiger partial charge in [0, 0.05) is 12.8 Å². The number of esters is 2. The van der Waals surface area contributed by atoms with Crippen molar-refractivity contribution in [2.24, 2.45) is 0 Å². The Morgan fingerprint density at radius 2 is 0.684 bits per heavy atom. The van der Waals surface area contributed by atoms with Crippen LogP contribution in [0.3, 0.4) is 0 Å². The number of hydrogen-bond donors (Lipinski definition) is 1. The number of rotatable bonds is 54. The van der Waals surface area contributed by atoms with Gasteiger partial charge in [0.15, 0.2) is 6.10 Å². The van der Waals surface area contributed by atoms with Gasteiger partial charge in [-0.05, 0) is 122 Å². The first-order chi connectivity index (χ1) is 38.6. The lowest BCUT2D eigenvalue weighted by atomic mass is 10.1. The summed E-state index contributed by atoms with van der Waals surface area (Å²) in [5.41, 5.74) is 0. The number of carbonyl (C=O) groups excluding carboxylic acids is 2. The van der Waals surface area contributed by atoms with Gasteiger partial charge in [-0.1, -0.05) is 230 Å². The van der Waals surface area contributed by atoms with Crippen molar-refractivity contribution in [2.45, 2.75) is 219 Å². The van der Waals surface area contributed by atoms with Crippen molar-refractivity contribution in [3.05, 3.63) is 158 Å². The second-order valence-electron chi connectivity index (χ2n) is 20.9. The van der Waals surface area contributed by atoms with Crippen molar-refractivity contribution >= 4 is 17.9 Å². The van der Waals surface area contributed by atoms with Crippen LogP contribution < -0.4 is 0 Å². The van der Waals surface area contributed by atoms with Gasteiger partial charge in [0.1, 0.15) is 13.2 Å². The average molecular weight is 1100 g/mol. The number of carboxylic acid groups (broad SMARTS) is 1. The smallest absolute Gasteiger partial charge is 0.361 e. The molecule has 0 aromatic carbocycles. The zero-order valence-corrected chi connectivity index (χ0v) is 50.5. The molecule has 0 saturated heterocycles. The lowest BCUT2D eigenvalue weighted by molar-refractivity contribution is -0.870. The molecule has 1 N–H and O–H groups in total. The fourth-order valence-electron chi connectivity index (χ4n) is 7.64. The summed E-state index contributed by atoms with van der Waals surface area (Å²) in [6.45, 7) is 4.59. The summed E-state index contributed by atoms with van der Waals surface area (Å²) in [7, 11) is 5.95. The first-order valence-electron chi connectivity index (χ1n) is 30.6. The molecule has 0 saturated carbocycles. The zero-order valence-electron chi connectivity index (χ0n) is 50.5. The molecule has 2 unspecified atom stereocenters. The Labute approximate surface area is 483 Å². The summed E-state index contributed by atoms with van der Waals surface area (Å²) in [4.78, 5) is 37.5. The maximum atomic E-state index is 12.9. The number of ether oxygens (including phenoxy) is 4. The number of aliphatic carboxylic acids is 1. The molecular formula is C70H112NO8+. The van der Waals surface area contributed by atoms with E-state index in [1.54, 1.807) is 0 Å². The molecule has 0 radical (unpaired) electrons. The third kappa shape index (κ3) is 60.4. The molecular weight excluding hydrogens is 983 g/mol. The first kappa shape index (κ1) is 73.9. The van der Waals surface area contributed by atoms with Crippen LogP contribution in [0.2, 0.25) is 0 Å². The second kappa shape index (κ2) is 59.0. The molecule has 9 nitrogen and oxygen atoms in total.